The van der Waals surface area contributed by atoms with Crippen molar-refractivity contribution >= 4 is 22.1 Å². The Morgan fingerprint density at radius 1 is 1.04 bits per heavy atom. The zero-order valence-electron chi connectivity index (χ0n) is 15.0. The van der Waals surface area contributed by atoms with Crippen molar-refractivity contribution in [3.8, 4) is 0 Å². The van der Waals surface area contributed by atoms with E-state index in [0.717, 1.165) is 16.5 Å². The van der Waals surface area contributed by atoms with Crippen LogP contribution in [0.4, 0.5) is 0 Å². The summed E-state index contributed by atoms with van der Waals surface area (Å²) in [6.45, 7) is 6.06. The Kier molecular flexibility index (Phi) is 3.80. The maximum absolute atomic E-state index is 13.2. The molecule has 0 aliphatic carbocycles. The van der Waals surface area contributed by atoms with Gasteiger partial charge in [-0.05, 0) is 38.5 Å². The molecule has 2 heterocycles. The zero-order valence-corrected chi connectivity index (χ0v) is 15.0. The standard InChI is InChI=1S/C21H20N2O3/c1-13(2)23-20(24)19-18(16-9-4-5-10-17(16)26-19)22(21(23)25)12-15-8-6-7-14(3)11-15/h4-11,13H,12H2,1-3H3. The van der Waals surface area contributed by atoms with Crippen LogP contribution in [0.15, 0.2) is 62.5 Å². The Hall–Kier alpha value is -3.08. The molecule has 0 saturated heterocycles. The van der Waals surface area contributed by atoms with Crippen LogP contribution in [-0.2, 0) is 6.54 Å². The fourth-order valence-electron chi connectivity index (χ4n) is 3.46. The second-order valence-corrected chi connectivity index (χ2v) is 6.90. The summed E-state index contributed by atoms with van der Waals surface area (Å²) in [5.74, 6) is 0. The van der Waals surface area contributed by atoms with Crippen LogP contribution < -0.4 is 11.2 Å². The topological polar surface area (TPSA) is 57.1 Å². The molecule has 0 N–H and O–H groups in total. The van der Waals surface area contributed by atoms with Gasteiger partial charge < -0.3 is 4.42 Å². The first-order valence-corrected chi connectivity index (χ1v) is 8.69. The van der Waals surface area contributed by atoms with Crippen molar-refractivity contribution in [1.82, 2.24) is 9.13 Å². The molecule has 0 unspecified atom stereocenters. The highest BCUT2D eigenvalue weighted by Crippen LogP contribution is 2.26. The fourth-order valence-corrected chi connectivity index (χ4v) is 3.46. The minimum absolute atomic E-state index is 0.229. The van der Waals surface area contributed by atoms with E-state index in [1.54, 1.807) is 4.57 Å². The third-order valence-electron chi connectivity index (χ3n) is 4.63. The normalized spacial score (nSPS) is 11.7. The molecule has 2 aromatic heterocycles. The maximum Gasteiger partial charge on any atom is 0.332 e. The summed E-state index contributed by atoms with van der Waals surface area (Å²) < 4.78 is 8.75. The first-order valence-electron chi connectivity index (χ1n) is 8.69. The molecule has 0 radical (unpaired) electrons. The van der Waals surface area contributed by atoms with Gasteiger partial charge in [0.15, 0.2) is 0 Å². The number of rotatable bonds is 3. The number of hydrogen-bond donors (Lipinski definition) is 0. The molecule has 0 atom stereocenters. The van der Waals surface area contributed by atoms with E-state index in [-0.39, 0.29) is 22.9 Å². The Morgan fingerprint density at radius 2 is 1.81 bits per heavy atom. The number of para-hydroxylation sites is 1. The highest BCUT2D eigenvalue weighted by Gasteiger charge is 2.21. The van der Waals surface area contributed by atoms with Crippen LogP contribution in [0.25, 0.3) is 22.1 Å². The van der Waals surface area contributed by atoms with Crippen molar-refractivity contribution in [3.05, 3.63) is 80.5 Å². The highest BCUT2D eigenvalue weighted by molar-refractivity contribution is 6.02. The van der Waals surface area contributed by atoms with Crippen LogP contribution in [0.2, 0.25) is 0 Å². The van der Waals surface area contributed by atoms with E-state index in [4.69, 9.17) is 4.42 Å². The Morgan fingerprint density at radius 3 is 2.54 bits per heavy atom. The lowest BCUT2D eigenvalue weighted by Gasteiger charge is -2.14. The second kappa shape index (κ2) is 6.02. The SMILES string of the molecule is Cc1cccc(Cn2c(=O)n(C(C)C)c(=O)c3oc4ccccc4c32)c1. The van der Waals surface area contributed by atoms with Crippen molar-refractivity contribution in [1.29, 1.82) is 0 Å². The van der Waals surface area contributed by atoms with E-state index in [1.807, 2.05) is 69.3 Å². The summed E-state index contributed by atoms with van der Waals surface area (Å²) in [7, 11) is 0. The van der Waals surface area contributed by atoms with Crippen LogP contribution in [0, 0.1) is 6.92 Å². The predicted octanol–water partition coefficient (Wildman–Crippen LogP) is 3.85. The Balaban J connectivity index is 2.12. The molecule has 0 fully saturated rings. The van der Waals surface area contributed by atoms with E-state index in [9.17, 15) is 9.59 Å². The zero-order chi connectivity index (χ0) is 18.4. The molecule has 26 heavy (non-hydrogen) atoms. The van der Waals surface area contributed by atoms with E-state index < -0.39 is 0 Å². The summed E-state index contributed by atoms with van der Waals surface area (Å²) in [5, 5.41) is 0.778. The molecule has 0 bridgehead atoms. The van der Waals surface area contributed by atoms with Gasteiger partial charge in [-0.25, -0.2) is 4.79 Å². The molecular formula is C21H20N2O3. The van der Waals surface area contributed by atoms with E-state index in [0.29, 0.717) is 17.6 Å². The Labute approximate surface area is 150 Å². The average molecular weight is 348 g/mol. The Bertz CT molecular complexity index is 1240. The molecule has 4 aromatic rings. The lowest BCUT2D eigenvalue weighted by atomic mass is 10.1. The first-order chi connectivity index (χ1) is 12.5. The van der Waals surface area contributed by atoms with Crippen molar-refractivity contribution in [2.45, 2.75) is 33.4 Å². The number of fused-ring (bicyclic) bond motifs is 3. The monoisotopic (exact) mass is 348 g/mol. The number of aryl methyl sites for hydroxylation is 1. The van der Waals surface area contributed by atoms with E-state index in [1.165, 1.54) is 4.57 Å². The van der Waals surface area contributed by atoms with Crippen LogP contribution in [0.5, 0.6) is 0 Å². The molecule has 0 spiro atoms. The first kappa shape index (κ1) is 16.4. The lowest BCUT2D eigenvalue weighted by Crippen LogP contribution is -2.41. The molecular weight excluding hydrogens is 328 g/mol. The second-order valence-electron chi connectivity index (χ2n) is 6.90. The van der Waals surface area contributed by atoms with Gasteiger partial charge in [0.25, 0.3) is 5.56 Å². The third kappa shape index (κ3) is 2.47. The minimum Gasteiger partial charge on any atom is -0.449 e. The average Bonchev–Trinajstić information content (AvgIpc) is 2.98. The number of benzene rings is 2. The molecule has 0 aliphatic rings. The van der Waals surface area contributed by atoms with Gasteiger partial charge in [-0.2, -0.15) is 0 Å². The van der Waals surface area contributed by atoms with Gasteiger partial charge in [0.2, 0.25) is 5.58 Å². The van der Waals surface area contributed by atoms with Gasteiger partial charge >= 0.3 is 5.69 Å². The van der Waals surface area contributed by atoms with Gasteiger partial charge in [-0.3, -0.25) is 13.9 Å². The highest BCUT2D eigenvalue weighted by atomic mass is 16.3. The number of nitrogens with zero attached hydrogens (tertiary/aromatic N) is 2. The molecule has 5 nitrogen and oxygen atoms in total. The number of aromatic nitrogens is 2. The molecule has 0 saturated carbocycles. The van der Waals surface area contributed by atoms with Crippen LogP contribution >= 0.6 is 0 Å². The summed E-state index contributed by atoms with van der Waals surface area (Å²) in [6, 6.07) is 15.2. The third-order valence-corrected chi connectivity index (χ3v) is 4.63. The number of furan rings is 1. The van der Waals surface area contributed by atoms with Gasteiger partial charge in [-0.15, -0.1) is 0 Å². The molecule has 5 heteroatoms. The lowest BCUT2D eigenvalue weighted by molar-refractivity contribution is 0.513. The fraction of sp³-hybridized carbons (Fsp3) is 0.238. The van der Waals surface area contributed by atoms with Crippen LogP contribution in [0.3, 0.4) is 0 Å². The molecule has 0 amide bonds. The molecule has 2 aromatic carbocycles. The molecule has 132 valence electrons. The summed E-state index contributed by atoms with van der Waals surface area (Å²) in [5.41, 5.74) is 2.84. The van der Waals surface area contributed by atoms with Crippen LogP contribution in [0.1, 0.15) is 31.0 Å². The van der Waals surface area contributed by atoms with Gasteiger partial charge in [0.1, 0.15) is 11.1 Å². The predicted molar refractivity (Wildman–Crippen MR) is 103 cm³/mol. The van der Waals surface area contributed by atoms with E-state index in [2.05, 4.69) is 0 Å². The van der Waals surface area contributed by atoms with Gasteiger partial charge in [0.05, 0.1) is 6.54 Å². The van der Waals surface area contributed by atoms with Crippen molar-refractivity contribution in [3.63, 3.8) is 0 Å². The quantitative estimate of drug-likeness (QED) is 0.565. The molecule has 0 aliphatic heterocycles. The summed E-state index contributed by atoms with van der Waals surface area (Å²) in [4.78, 5) is 26.0. The molecule has 4 rings (SSSR count). The minimum atomic E-state index is -0.378. The van der Waals surface area contributed by atoms with E-state index >= 15 is 0 Å². The van der Waals surface area contributed by atoms with Gasteiger partial charge in [0, 0.05) is 11.4 Å². The van der Waals surface area contributed by atoms with Crippen molar-refractivity contribution < 1.29 is 4.42 Å². The van der Waals surface area contributed by atoms with Crippen LogP contribution in [-0.4, -0.2) is 9.13 Å². The maximum atomic E-state index is 13.2. The van der Waals surface area contributed by atoms with Crippen molar-refractivity contribution in [2.24, 2.45) is 0 Å². The summed E-state index contributed by atoms with van der Waals surface area (Å²) in [6.07, 6.45) is 0. The summed E-state index contributed by atoms with van der Waals surface area (Å²) >= 11 is 0. The smallest absolute Gasteiger partial charge is 0.332 e. The number of hydrogen-bond acceptors (Lipinski definition) is 3. The van der Waals surface area contributed by atoms with Crippen molar-refractivity contribution in [2.75, 3.05) is 0 Å². The van der Waals surface area contributed by atoms with Gasteiger partial charge in [-0.1, -0.05) is 42.0 Å². The largest absolute Gasteiger partial charge is 0.449 e.